The van der Waals surface area contributed by atoms with Gasteiger partial charge in [-0.25, -0.2) is 8.78 Å². The van der Waals surface area contributed by atoms with Crippen molar-refractivity contribution in [3.63, 3.8) is 0 Å². The van der Waals surface area contributed by atoms with Crippen molar-refractivity contribution in [1.82, 2.24) is 10.2 Å². The number of carbonyl (C=O) groups excluding carboxylic acids is 1. The Morgan fingerprint density at radius 1 is 1.34 bits per heavy atom. The van der Waals surface area contributed by atoms with Gasteiger partial charge in [0.1, 0.15) is 0 Å². The number of likely N-dealkylation sites (tertiary alicyclic amines) is 1. The van der Waals surface area contributed by atoms with Crippen LogP contribution < -0.4 is 5.32 Å². The number of piperidine rings is 1. The van der Waals surface area contributed by atoms with Crippen LogP contribution in [0.2, 0.25) is 0 Å². The molecule has 0 bridgehead atoms. The van der Waals surface area contributed by atoms with Gasteiger partial charge in [0, 0.05) is 25.7 Å². The summed E-state index contributed by atoms with van der Waals surface area (Å²) in [5.74, 6) is -3.48. The number of hydrogen-bond donors (Lipinski definition) is 2. The maximum absolute atomic E-state index is 13.1. The summed E-state index contributed by atoms with van der Waals surface area (Å²) in [6.07, 6.45) is 3.93. The first-order valence-electron chi connectivity index (χ1n) is 10.1. The van der Waals surface area contributed by atoms with Crippen molar-refractivity contribution in [2.45, 2.75) is 57.6 Å². The Kier molecular flexibility index (Phi) is 6.67. The van der Waals surface area contributed by atoms with Gasteiger partial charge in [-0.15, -0.1) is 0 Å². The van der Waals surface area contributed by atoms with Gasteiger partial charge < -0.3 is 15.3 Å². The minimum Gasteiger partial charge on any atom is -0.393 e. The highest BCUT2D eigenvalue weighted by atomic mass is 19.3. The van der Waals surface area contributed by atoms with E-state index >= 15 is 0 Å². The van der Waals surface area contributed by atoms with Crippen molar-refractivity contribution in [3.8, 4) is 0 Å². The Morgan fingerprint density at radius 3 is 2.72 bits per heavy atom. The van der Waals surface area contributed by atoms with Crippen molar-refractivity contribution in [3.05, 3.63) is 41.6 Å². The van der Waals surface area contributed by atoms with Crippen molar-refractivity contribution >= 4 is 17.8 Å². The van der Waals surface area contributed by atoms with Crippen LogP contribution in [0, 0.1) is 5.92 Å². The maximum Gasteiger partial charge on any atom is 0.254 e. The molecule has 2 N–H and O–H groups in total. The zero-order valence-electron chi connectivity index (χ0n) is 16.9. The highest BCUT2D eigenvalue weighted by molar-refractivity contribution is 5.77. The number of hydrogen-bond acceptors (Lipinski definition) is 4. The zero-order chi connectivity index (χ0) is 21.0. The van der Waals surface area contributed by atoms with E-state index in [1.54, 1.807) is 6.34 Å². The molecule has 0 aromatic heterocycles. The topological polar surface area (TPSA) is 64.9 Å². The van der Waals surface area contributed by atoms with Gasteiger partial charge in [0.2, 0.25) is 5.91 Å². The summed E-state index contributed by atoms with van der Waals surface area (Å²) in [5.41, 5.74) is 3.29. The second-order valence-electron chi connectivity index (χ2n) is 8.14. The fraction of sp³-hybridized carbons (Fsp3) is 0.545. The molecule has 2 unspecified atom stereocenters. The van der Waals surface area contributed by atoms with E-state index in [0.717, 1.165) is 23.6 Å². The number of amides is 1. The molecule has 29 heavy (non-hydrogen) atoms. The van der Waals surface area contributed by atoms with Crippen LogP contribution in [0.5, 0.6) is 0 Å². The molecule has 3 rings (SSSR count). The lowest BCUT2D eigenvalue weighted by Crippen LogP contribution is -2.42. The minimum atomic E-state index is -2.99. The lowest BCUT2D eigenvalue weighted by molar-refractivity contribution is -0.139. The van der Waals surface area contributed by atoms with Crippen molar-refractivity contribution < 1.29 is 18.7 Å². The fourth-order valence-corrected chi connectivity index (χ4v) is 4.12. The summed E-state index contributed by atoms with van der Waals surface area (Å²) in [5, 5.41) is 13.9. The van der Waals surface area contributed by atoms with Gasteiger partial charge in [-0.1, -0.05) is 24.3 Å². The van der Waals surface area contributed by atoms with Crippen molar-refractivity contribution in [2.24, 2.45) is 10.9 Å². The first-order valence-corrected chi connectivity index (χ1v) is 10.1. The van der Waals surface area contributed by atoms with Crippen LogP contribution in [-0.2, 0) is 4.79 Å². The summed E-state index contributed by atoms with van der Waals surface area (Å²) in [6, 6.07) is 7.89. The average Bonchev–Trinajstić information content (AvgIpc) is 2.67. The third-order valence-corrected chi connectivity index (χ3v) is 5.74. The van der Waals surface area contributed by atoms with Crippen LogP contribution in [-0.4, -0.2) is 47.4 Å². The largest absolute Gasteiger partial charge is 0.393 e. The molecule has 2 atom stereocenters. The van der Waals surface area contributed by atoms with Gasteiger partial charge in [0.25, 0.3) is 5.92 Å². The van der Waals surface area contributed by atoms with Gasteiger partial charge in [-0.2, -0.15) is 0 Å². The van der Waals surface area contributed by atoms with Crippen LogP contribution in [0.1, 0.15) is 56.7 Å². The fourth-order valence-electron chi connectivity index (χ4n) is 4.12. The first-order chi connectivity index (χ1) is 13.7. The van der Waals surface area contributed by atoms with E-state index < -0.39 is 24.4 Å². The van der Waals surface area contributed by atoms with Crippen LogP contribution in [0.15, 0.2) is 35.5 Å². The zero-order valence-corrected chi connectivity index (χ0v) is 16.9. The standard InChI is InChI=1S/C22H29F2N3O2/c1-15-13-25-14-26-19(18-6-4-3-5-17(15)18)11-20(28)16-7-9-27(10-8-16)21(29)12-22(2,23)24/h3-6,13-14,16,19-20,28H,7-12H2,1-2H3,(H,25,26). The number of alkyl halides is 2. The quantitative estimate of drug-likeness (QED) is 0.784. The number of allylic oxidation sites excluding steroid dienone is 1. The lowest BCUT2D eigenvalue weighted by atomic mass is 9.85. The number of aliphatic hydroxyl groups is 1. The molecule has 1 fully saturated rings. The predicted molar refractivity (Wildman–Crippen MR) is 110 cm³/mol. The SMILES string of the molecule is CC1=CNC=NC(CC(O)C2CCN(C(=O)CC(C)(F)F)CC2)c2ccccc21. The molecule has 2 aliphatic rings. The Balaban J connectivity index is 1.62. The van der Waals surface area contributed by atoms with E-state index in [-0.39, 0.29) is 12.0 Å². The third kappa shape index (κ3) is 5.63. The number of aliphatic imine (C=N–C) groups is 1. The second kappa shape index (κ2) is 9.03. The number of rotatable bonds is 5. The van der Waals surface area contributed by atoms with Crippen molar-refractivity contribution in [2.75, 3.05) is 13.1 Å². The van der Waals surface area contributed by atoms with Gasteiger partial charge in [-0.3, -0.25) is 9.79 Å². The molecular formula is C22H29F2N3O2. The predicted octanol–water partition coefficient (Wildman–Crippen LogP) is 3.75. The van der Waals surface area contributed by atoms with E-state index in [1.165, 1.54) is 4.90 Å². The van der Waals surface area contributed by atoms with Gasteiger partial charge in [0.15, 0.2) is 0 Å². The van der Waals surface area contributed by atoms with Crippen LogP contribution in [0.25, 0.3) is 5.57 Å². The summed E-state index contributed by atoms with van der Waals surface area (Å²) in [7, 11) is 0. The molecule has 1 aromatic rings. The summed E-state index contributed by atoms with van der Waals surface area (Å²) >= 11 is 0. The van der Waals surface area contributed by atoms with Gasteiger partial charge in [-0.05, 0) is 49.3 Å². The normalized spacial score (nSPS) is 21.5. The number of aliphatic hydroxyl groups excluding tert-OH is 1. The molecule has 7 heteroatoms. The minimum absolute atomic E-state index is 0.0265. The van der Waals surface area contributed by atoms with Gasteiger partial charge in [0.05, 0.1) is 24.9 Å². The van der Waals surface area contributed by atoms with Gasteiger partial charge >= 0.3 is 0 Å². The first kappa shape index (κ1) is 21.4. The number of halogens is 2. The number of nitrogens with one attached hydrogen (secondary N) is 1. The van der Waals surface area contributed by atoms with Crippen LogP contribution in [0.3, 0.4) is 0 Å². The lowest BCUT2D eigenvalue weighted by Gasteiger charge is -2.35. The Morgan fingerprint density at radius 2 is 2.03 bits per heavy atom. The maximum atomic E-state index is 13.1. The molecule has 1 aromatic carbocycles. The molecule has 0 aliphatic carbocycles. The number of carbonyl (C=O) groups is 1. The second-order valence-corrected chi connectivity index (χ2v) is 8.14. The smallest absolute Gasteiger partial charge is 0.254 e. The summed E-state index contributed by atoms with van der Waals surface area (Å²) in [6.45, 7) is 3.61. The molecule has 2 heterocycles. The molecule has 158 valence electrons. The molecule has 2 aliphatic heterocycles. The monoisotopic (exact) mass is 405 g/mol. The number of nitrogens with zero attached hydrogens (tertiary/aromatic N) is 2. The Labute approximate surface area is 170 Å². The highest BCUT2D eigenvalue weighted by Gasteiger charge is 2.33. The van der Waals surface area contributed by atoms with E-state index in [9.17, 15) is 18.7 Å². The molecule has 0 spiro atoms. The number of benzene rings is 1. The van der Waals surface area contributed by atoms with E-state index in [2.05, 4.69) is 16.4 Å². The van der Waals surface area contributed by atoms with Crippen LogP contribution >= 0.6 is 0 Å². The molecule has 0 radical (unpaired) electrons. The van der Waals surface area contributed by atoms with E-state index in [4.69, 9.17) is 0 Å². The Hall–Kier alpha value is -2.28. The molecule has 0 saturated carbocycles. The summed E-state index contributed by atoms with van der Waals surface area (Å²) < 4.78 is 26.2. The van der Waals surface area contributed by atoms with E-state index in [1.807, 2.05) is 31.3 Å². The van der Waals surface area contributed by atoms with Crippen molar-refractivity contribution in [1.29, 1.82) is 0 Å². The molecule has 1 saturated heterocycles. The molecule has 5 nitrogen and oxygen atoms in total. The summed E-state index contributed by atoms with van der Waals surface area (Å²) in [4.78, 5) is 18.1. The number of fused-ring (bicyclic) bond motifs is 1. The highest BCUT2D eigenvalue weighted by Crippen LogP contribution is 2.34. The molecular weight excluding hydrogens is 376 g/mol. The van der Waals surface area contributed by atoms with Crippen LogP contribution in [0.4, 0.5) is 8.78 Å². The molecule has 1 amide bonds. The third-order valence-electron chi connectivity index (χ3n) is 5.74. The van der Waals surface area contributed by atoms with E-state index in [0.29, 0.717) is 32.4 Å². The Bertz CT molecular complexity index is 781. The average molecular weight is 405 g/mol.